The van der Waals surface area contributed by atoms with Crippen molar-refractivity contribution in [3.8, 4) is 5.75 Å². The van der Waals surface area contributed by atoms with E-state index in [1.165, 1.54) is 10.6 Å². The second-order valence-electron chi connectivity index (χ2n) is 6.09. The lowest BCUT2D eigenvalue weighted by atomic mass is 10.2. The Kier molecular flexibility index (Phi) is 7.67. The molecule has 27 heavy (non-hydrogen) atoms. The van der Waals surface area contributed by atoms with Crippen LogP contribution in [0, 0.1) is 0 Å². The first-order valence-electron chi connectivity index (χ1n) is 8.92. The van der Waals surface area contributed by atoms with Crippen LogP contribution in [0.25, 0.3) is 0 Å². The smallest absolute Gasteiger partial charge is 0.232 e. The molecule has 0 atom stereocenters. The van der Waals surface area contributed by atoms with E-state index in [4.69, 9.17) is 4.74 Å². The van der Waals surface area contributed by atoms with Crippen LogP contribution in [-0.2, 0) is 21.4 Å². The van der Waals surface area contributed by atoms with Gasteiger partial charge < -0.3 is 10.1 Å². The number of hydrogen-bond donors (Lipinski definition) is 1. The van der Waals surface area contributed by atoms with Gasteiger partial charge in [-0.05, 0) is 31.5 Å². The second kappa shape index (κ2) is 9.97. The summed E-state index contributed by atoms with van der Waals surface area (Å²) in [6.45, 7) is 3.11. The number of rotatable bonds is 10. The summed E-state index contributed by atoms with van der Waals surface area (Å²) in [6, 6.07) is 16.5. The number of nitrogens with one attached hydrogen (secondary N) is 1. The van der Waals surface area contributed by atoms with Gasteiger partial charge in [-0.1, -0.05) is 36.4 Å². The molecule has 0 aromatic heterocycles. The number of nitrogens with zero attached hydrogens (tertiary/aromatic N) is 1. The third-order valence-corrected chi connectivity index (χ3v) is 5.15. The molecule has 6 nitrogen and oxygen atoms in total. The molecule has 2 rings (SSSR count). The fourth-order valence-corrected chi connectivity index (χ4v) is 3.66. The maximum absolute atomic E-state index is 12.1. The summed E-state index contributed by atoms with van der Waals surface area (Å²) in [5.74, 6) is 0.635. The Morgan fingerprint density at radius 2 is 1.74 bits per heavy atom. The van der Waals surface area contributed by atoms with Crippen LogP contribution in [-0.4, -0.2) is 33.7 Å². The Bertz CT molecular complexity index is 838. The van der Waals surface area contributed by atoms with Crippen LogP contribution in [0.1, 0.15) is 25.3 Å². The summed E-state index contributed by atoms with van der Waals surface area (Å²) >= 11 is 0. The zero-order chi connectivity index (χ0) is 19.7. The SMILES string of the molecule is CCOc1ccccc1CNC(=O)CCCN(c1ccccc1)S(C)(=O)=O. The van der Waals surface area contributed by atoms with Gasteiger partial charge in [0.15, 0.2) is 0 Å². The molecule has 0 saturated carbocycles. The first-order chi connectivity index (χ1) is 12.9. The fourth-order valence-electron chi connectivity index (χ4n) is 2.69. The van der Waals surface area contributed by atoms with Crippen molar-refractivity contribution >= 4 is 21.6 Å². The number of ether oxygens (including phenoxy) is 1. The van der Waals surface area contributed by atoms with E-state index < -0.39 is 10.0 Å². The van der Waals surface area contributed by atoms with E-state index in [0.717, 1.165) is 11.3 Å². The Hall–Kier alpha value is -2.54. The van der Waals surface area contributed by atoms with Crippen LogP contribution in [0.3, 0.4) is 0 Å². The van der Waals surface area contributed by atoms with Crippen molar-refractivity contribution in [3.63, 3.8) is 0 Å². The zero-order valence-electron chi connectivity index (χ0n) is 15.7. The molecule has 0 spiro atoms. The van der Waals surface area contributed by atoms with E-state index in [9.17, 15) is 13.2 Å². The number of anilines is 1. The number of hydrogen-bond acceptors (Lipinski definition) is 4. The van der Waals surface area contributed by atoms with Crippen molar-refractivity contribution in [2.24, 2.45) is 0 Å². The highest BCUT2D eigenvalue weighted by atomic mass is 32.2. The van der Waals surface area contributed by atoms with Crippen molar-refractivity contribution in [2.75, 3.05) is 23.7 Å². The minimum absolute atomic E-state index is 0.122. The Morgan fingerprint density at radius 3 is 2.41 bits per heavy atom. The number of amides is 1. The average molecular weight is 391 g/mol. The largest absolute Gasteiger partial charge is 0.494 e. The maximum atomic E-state index is 12.1. The predicted molar refractivity (Wildman–Crippen MR) is 107 cm³/mol. The number of para-hydroxylation sites is 2. The molecule has 0 bridgehead atoms. The minimum Gasteiger partial charge on any atom is -0.494 e. The molecule has 0 fully saturated rings. The lowest BCUT2D eigenvalue weighted by Gasteiger charge is -2.22. The topological polar surface area (TPSA) is 75.7 Å². The zero-order valence-corrected chi connectivity index (χ0v) is 16.5. The molecule has 146 valence electrons. The van der Waals surface area contributed by atoms with Gasteiger partial charge in [0.2, 0.25) is 15.9 Å². The van der Waals surface area contributed by atoms with E-state index in [0.29, 0.717) is 25.3 Å². The van der Waals surface area contributed by atoms with Crippen molar-refractivity contribution in [2.45, 2.75) is 26.3 Å². The van der Waals surface area contributed by atoms with Gasteiger partial charge in [0.1, 0.15) is 5.75 Å². The lowest BCUT2D eigenvalue weighted by Crippen LogP contribution is -2.32. The summed E-state index contributed by atoms with van der Waals surface area (Å²) in [5.41, 5.74) is 1.51. The summed E-state index contributed by atoms with van der Waals surface area (Å²) < 4.78 is 30.9. The molecular formula is C20H26N2O4S. The highest BCUT2D eigenvalue weighted by Gasteiger charge is 2.17. The quantitative estimate of drug-likeness (QED) is 0.677. The molecule has 0 heterocycles. The maximum Gasteiger partial charge on any atom is 0.232 e. The van der Waals surface area contributed by atoms with Crippen LogP contribution in [0.5, 0.6) is 5.75 Å². The van der Waals surface area contributed by atoms with Gasteiger partial charge in [0.05, 0.1) is 18.6 Å². The lowest BCUT2D eigenvalue weighted by molar-refractivity contribution is -0.121. The molecular weight excluding hydrogens is 364 g/mol. The number of carbonyl (C=O) groups is 1. The van der Waals surface area contributed by atoms with Crippen LogP contribution >= 0.6 is 0 Å². The molecule has 2 aromatic carbocycles. The first-order valence-corrected chi connectivity index (χ1v) is 10.8. The fraction of sp³-hybridized carbons (Fsp3) is 0.350. The molecule has 0 aliphatic heterocycles. The van der Waals surface area contributed by atoms with Crippen LogP contribution in [0.2, 0.25) is 0 Å². The van der Waals surface area contributed by atoms with Gasteiger partial charge in [-0.2, -0.15) is 0 Å². The molecule has 0 saturated heterocycles. The van der Waals surface area contributed by atoms with E-state index in [1.54, 1.807) is 24.3 Å². The molecule has 0 aliphatic carbocycles. The second-order valence-corrected chi connectivity index (χ2v) is 8.00. The monoisotopic (exact) mass is 390 g/mol. The van der Waals surface area contributed by atoms with Crippen LogP contribution in [0.4, 0.5) is 5.69 Å². The standard InChI is InChI=1S/C20H26N2O4S/c1-3-26-19-13-8-7-10-17(19)16-21-20(23)14-9-15-22(27(2,24)25)18-11-5-4-6-12-18/h4-8,10-13H,3,9,14-16H2,1-2H3,(H,21,23). The van der Waals surface area contributed by atoms with Gasteiger partial charge in [0.25, 0.3) is 0 Å². The van der Waals surface area contributed by atoms with Crippen LogP contribution in [0.15, 0.2) is 54.6 Å². The summed E-state index contributed by atoms with van der Waals surface area (Å²) in [6.07, 6.45) is 1.85. The summed E-state index contributed by atoms with van der Waals surface area (Å²) in [4.78, 5) is 12.1. The Balaban J connectivity index is 1.86. The Labute approximate surface area is 161 Å². The highest BCUT2D eigenvalue weighted by molar-refractivity contribution is 7.92. The van der Waals surface area contributed by atoms with Gasteiger partial charge in [-0.3, -0.25) is 9.10 Å². The molecule has 0 unspecified atom stereocenters. The third-order valence-electron chi connectivity index (χ3n) is 3.96. The number of benzene rings is 2. The van der Waals surface area contributed by atoms with Crippen molar-refractivity contribution in [1.82, 2.24) is 5.32 Å². The molecule has 7 heteroatoms. The van der Waals surface area contributed by atoms with E-state index in [2.05, 4.69) is 5.32 Å². The van der Waals surface area contributed by atoms with E-state index in [-0.39, 0.29) is 18.9 Å². The summed E-state index contributed by atoms with van der Waals surface area (Å²) in [7, 11) is -3.40. The highest BCUT2D eigenvalue weighted by Crippen LogP contribution is 2.18. The van der Waals surface area contributed by atoms with Gasteiger partial charge >= 0.3 is 0 Å². The molecule has 0 aliphatic rings. The average Bonchev–Trinajstić information content (AvgIpc) is 2.64. The molecule has 2 aromatic rings. The Morgan fingerprint density at radius 1 is 1.07 bits per heavy atom. The summed E-state index contributed by atoms with van der Waals surface area (Å²) in [5, 5.41) is 2.86. The van der Waals surface area contributed by atoms with E-state index >= 15 is 0 Å². The molecule has 0 radical (unpaired) electrons. The van der Waals surface area contributed by atoms with Crippen molar-refractivity contribution in [1.29, 1.82) is 0 Å². The van der Waals surface area contributed by atoms with Gasteiger partial charge in [-0.25, -0.2) is 8.42 Å². The molecule has 1 N–H and O–H groups in total. The van der Waals surface area contributed by atoms with Crippen molar-refractivity contribution < 1.29 is 17.9 Å². The van der Waals surface area contributed by atoms with Crippen LogP contribution < -0.4 is 14.4 Å². The van der Waals surface area contributed by atoms with Gasteiger partial charge in [0, 0.05) is 25.1 Å². The van der Waals surface area contributed by atoms with E-state index in [1.807, 2.05) is 37.3 Å². The predicted octanol–water partition coefficient (Wildman–Crippen LogP) is 2.95. The van der Waals surface area contributed by atoms with Crippen molar-refractivity contribution in [3.05, 3.63) is 60.2 Å². The number of sulfonamides is 1. The molecule has 1 amide bonds. The normalized spacial score (nSPS) is 11.0. The number of carbonyl (C=O) groups excluding carboxylic acids is 1. The van der Waals surface area contributed by atoms with Gasteiger partial charge in [-0.15, -0.1) is 0 Å². The minimum atomic E-state index is -3.40. The first kappa shape index (κ1) is 20.8. The third kappa shape index (κ3) is 6.60.